The van der Waals surface area contributed by atoms with Crippen LogP contribution in [0.25, 0.3) is 71.7 Å². The van der Waals surface area contributed by atoms with E-state index in [-0.39, 0.29) is 0 Å². The number of rotatable bonds is 6. The van der Waals surface area contributed by atoms with Crippen LogP contribution in [0.3, 0.4) is 0 Å². The Morgan fingerprint density at radius 3 is 1.90 bits per heavy atom. The Balaban J connectivity index is 1.22. The summed E-state index contributed by atoms with van der Waals surface area (Å²) in [6.45, 7) is 0. The maximum atomic E-state index is 6.26. The van der Waals surface area contributed by atoms with Gasteiger partial charge < -0.3 is 13.9 Å². The first-order chi connectivity index (χ1) is 25.3. The van der Waals surface area contributed by atoms with Crippen molar-refractivity contribution in [1.82, 2.24) is 4.57 Å². The van der Waals surface area contributed by atoms with Gasteiger partial charge in [0.05, 0.1) is 16.7 Å². The average molecular weight is 653 g/mol. The van der Waals surface area contributed by atoms with Gasteiger partial charge in [-0.05, 0) is 71.8 Å². The predicted molar refractivity (Wildman–Crippen MR) is 214 cm³/mol. The molecule has 0 saturated heterocycles. The maximum Gasteiger partial charge on any atom is 0.135 e. The fraction of sp³-hybridized carbons (Fsp3) is 0. The molecule has 0 spiro atoms. The maximum absolute atomic E-state index is 6.26. The van der Waals surface area contributed by atoms with Crippen molar-refractivity contribution in [3.05, 3.63) is 194 Å². The van der Waals surface area contributed by atoms with Crippen molar-refractivity contribution < 1.29 is 4.42 Å². The molecule has 0 fully saturated rings. The van der Waals surface area contributed by atoms with Gasteiger partial charge in [0.1, 0.15) is 11.2 Å². The van der Waals surface area contributed by atoms with Gasteiger partial charge in [0.15, 0.2) is 0 Å². The van der Waals surface area contributed by atoms with E-state index in [4.69, 9.17) is 4.42 Å². The number of anilines is 3. The third kappa shape index (κ3) is 4.82. The zero-order valence-corrected chi connectivity index (χ0v) is 27.8. The van der Waals surface area contributed by atoms with Gasteiger partial charge in [0.2, 0.25) is 0 Å². The van der Waals surface area contributed by atoms with Crippen molar-refractivity contribution >= 4 is 60.8 Å². The first-order valence-corrected chi connectivity index (χ1v) is 17.4. The predicted octanol–water partition coefficient (Wildman–Crippen LogP) is 13.5. The van der Waals surface area contributed by atoms with Crippen LogP contribution < -0.4 is 4.90 Å². The van der Waals surface area contributed by atoms with Crippen LogP contribution >= 0.6 is 0 Å². The molecule has 240 valence electrons. The molecule has 10 aromatic rings. The summed E-state index contributed by atoms with van der Waals surface area (Å²) in [6.07, 6.45) is 0. The lowest BCUT2D eigenvalue weighted by molar-refractivity contribution is 0.669. The van der Waals surface area contributed by atoms with E-state index in [9.17, 15) is 0 Å². The molecule has 0 radical (unpaired) electrons. The van der Waals surface area contributed by atoms with Crippen molar-refractivity contribution in [2.75, 3.05) is 4.90 Å². The van der Waals surface area contributed by atoms with Crippen LogP contribution in [-0.4, -0.2) is 4.57 Å². The van der Waals surface area contributed by atoms with Crippen molar-refractivity contribution in [2.24, 2.45) is 0 Å². The van der Waals surface area contributed by atoms with E-state index in [0.29, 0.717) is 0 Å². The normalized spacial score (nSPS) is 11.5. The highest BCUT2D eigenvalue weighted by molar-refractivity contribution is 6.14. The van der Waals surface area contributed by atoms with E-state index in [1.807, 2.05) is 12.1 Å². The fourth-order valence-electron chi connectivity index (χ4n) is 7.72. The van der Waals surface area contributed by atoms with Crippen molar-refractivity contribution in [3.8, 4) is 27.9 Å². The third-order valence-electron chi connectivity index (χ3n) is 9.97. The Bertz CT molecular complexity index is 2860. The molecule has 0 aliphatic heterocycles. The SMILES string of the molecule is c1ccc(-c2ccccc2N(c2cccc(-c3cccc4c5ccccc5n(-c5ccccc5)c34)c2)c2ccc3oc4ccccc4c3c2)cc1. The van der Waals surface area contributed by atoms with E-state index in [1.54, 1.807) is 0 Å². The Morgan fingerprint density at radius 1 is 0.392 bits per heavy atom. The monoisotopic (exact) mass is 652 g/mol. The summed E-state index contributed by atoms with van der Waals surface area (Å²) in [5, 5.41) is 4.69. The van der Waals surface area contributed by atoms with Gasteiger partial charge >= 0.3 is 0 Å². The lowest BCUT2D eigenvalue weighted by Gasteiger charge is -2.28. The van der Waals surface area contributed by atoms with Gasteiger partial charge in [-0.1, -0.05) is 133 Å². The van der Waals surface area contributed by atoms with Crippen molar-refractivity contribution in [3.63, 3.8) is 0 Å². The highest BCUT2D eigenvalue weighted by Crippen LogP contribution is 2.45. The molecule has 2 heterocycles. The minimum absolute atomic E-state index is 0.880. The molecule has 0 bridgehead atoms. The number of fused-ring (bicyclic) bond motifs is 6. The molecule has 3 nitrogen and oxygen atoms in total. The van der Waals surface area contributed by atoms with Crippen LogP contribution in [-0.2, 0) is 0 Å². The van der Waals surface area contributed by atoms with Crippen LogP contribution in [0.5, 0.6) is 0 Å². The van der Waals surface area contributed by atoms with E-state index in [1.165, 1.54) is 32.9 Å². The highest BCUT2D eigenvalue weighted by Gasteiger charge is 2.21. The average Bonchev–Trinajstić information content (AvgIpc) is 3.75. The summed E-state index contributed by atoms with van der Waals surface area (Å²) in [4.78, 5) is 2.39. The number of aromatic nitrogens is 1. The molecular weight excluding hydrogens is 621 g/mol. The Labute approximate surface area is 295 Å². The molecule has 0 aliphatic rings. The molecule has 0 unspecified atom stereocenters. The first kappa shape index (κ1) is 29.1. The lowest BCUT2D eigenvalue weighted by atomic mass is 9.99. The number of furan rings is 1. The first-order valence-electron chi connectivity index (χ1n) is 17.4. The van der Waals surface area contributed by atoms with Crippen LogP contribution in [0, 0.1) is 0 Å². The molecule has 3 heteroatoms. The minimum atomic E-state index is 0.880. The molecule has 0 saturated carbocycles. The van der Waals surface area contributed by atoms with E-state index in [2.05, 4.69) is 191 Å². The van der Waals surface area contributed by atoms with Crippen LogP contribution in [0.15, 0.2) is 199 Å². The molecule has 10 rings (SSSR count). The zero-order chi connectivity index (χ0) is 33.7. The quantitative estimate of drug-likeness (QED) is 0.178. The number of nitrogens with zero attached hydrogens (tertiary/aromatic N) is 2. The molecule has 0 aliphatic carbocycles. The van der Waals surface area contributed by atoms with E-state index in [0.717, 1.165) is 55.8 Å². The largest absolute Gasteiger partial charge is 0.456 e. The molecule has 8 aromatic carbocycles. The van der Waals surface area contributed by atoms with Gasteiger partial charge in [0.25, 0.3) is 0 Å². The number of hydrogen-bond acceptors (Lipinski definition) is 2. The fourth-order valence-corrected chi connectivity index (χ4v) is 7.72. The molecule has 2 aromatic heterocycles. The summed E-state index contributed by atoms with van der Waals surface area (Å²) >= 11 is 0. The van der Waals surface area contributed by atoms with Gasteiger partial charge in [-0.15, -0.1) is 0 Å². The molecule has 51 heavy (non-hydrogen) atoms. The minimum Gasteiger partial charge on any atom is -0.456 e. The van der Waals surface area contributed by atoms with E-state index >= 15 is 0 Å². The van der Waals surface area contributed by atoms with Crippen molar-refractivity contribution in [2.45, 2.75) is 0 Å². The summed E-state index contributed by atoms with van der Waals surface area (Å²) in [5.74, 6) is 0. The summed E-state index contributed by atoms with van der Waals surface area (Å²) in [5.41, 5.74) is 13.2. The van der Waals surface area contributed by atoms with Crippen molar-refractivity contribution in [1.29, 1.82) is 0 Å². The second-order valence-electron chi connectivity index (χ2n) is 12.9. The topological polar surface area (TPSA) is 21.3 Å². The number of benzene rings is 8. The molecule has 0 N–H and O–H groups in total. The zero-order valence-electron chi connectivity index (χ0n) is 27.8. The molecule has 0 atom stereocenters. The summed E-state index contributed by atoms with van der Waals surface area (Å²) < 4.78 is 8.67. The van der Waals surface area contributed by atoms with Crippen LogP contribution in [0.1, 0.15) is 0 Å². The lowest BCUT2D eigenvalue weighted by Crippen LogP contribution is -2.11. The molecular formula is C48H32N2O. The third-order valence-corrected chi connectivity index (χ3v) is 9.97. The summed E-state index contributed by atoms with van der Waals surface area (Å²) in [7, 11) is 0. The Hall–Kier alpha value is -6.84. The Morgan fingerprint density at radius 2 is 1.02 bits per heavy atom. The molecule has 0 amide bonds. The van der Waals surface area contributed by atoms with Crippen LogP contribution in [0.2, 0.25) is 0 Å². The van der Waals surface area contributed by atoms with Gasteiger partial charge in [0, 0.05) is 49.7 Å². The standard InChI is InChI=1S/C48H32N2O/c1-3-15-33(16-4-1)38-21-7-10-26-44(38)49(37-29-30-47-43(32-37)41-23-9-12-28-46(41)51-47)36-20-13-17-34(31-36)39-24-14-25-42-40-22-8-11-27-45(40)50(48(39)42)35-18-5-2-6-19-35/h1-32H. The highest BCUT2D eigenvalue weighted by atomic mass is 16.3. The van der Waals surface area contributed by atoms with Crippen LogP contribution in [0.4, 0.5) is 17.1 Å². The summed E-state index contributed by atoms with van der Waals surface area (Å²) in [6, 6.07) is 69.2. The van der Waals surface area contributed by atoms with Gasteiger partial charge in [-0.3, -0.25) is 0 Å². The van der Waals surface area contributed by atoms with E-state index < -0.39 is 0 Å². The second kappa shape index (κ2) is 11.9. The van der Waals surface area contributed by atoms with Gasteiger partial charge in [-0.25, -0.2) is 0 Å². The Kier molecular flexibility index (Phi) is 6.81. The smallest absolute Gasteiger partial charge is 0.135 e. The number of para-hydroxylation sites is 5. The second-order valence-corrected chi connectivity index (χ2v) is 12.9. The number of hydrogen-bond donors (Lipinski definition) is 0. The van der Waals surface area contributed by atoms with Gasteiger partial charge in [-0.2, -0.15) is 0 Å².